The monoisotopic (exact) mass is 503 g/mol. The molecule has 9 heteroatoms. The highest BCUT2D eigenvalue weighted by atomic mass is 32.2. The fourth-order valence-electron chi connectivity index (χ4n) is 4.56. The molecule has 0 aromatic heterocycles. The summed E-state index contributed by atoms with van der Waals surface area (Å²) in [6.45, 7) is 4.49. The molecule has 0 saturated heterocycles. The van der Waals surface area contributed by atoms with Gasteiger partial charge in [-0.25, -0.2) is 12.8 Å². The number of nitrogens with one attached hydrogen (secondary N) is 1. The first-order chi connectivity index (χ1) is 16.5. The summed E-state index contributed by atoms with van der Waals surface area (Å²) in [7, 11) is -3.83. The summed E-state index contributed by atoms with van der Waals surface area (Å²) in [5.41, 5.74) is 2.09. The number of anilines is 1. The van der Waals surface area contributed by atoms with Gasteiger partial charge in [0, 0.05) is 18.2 Å². The van der Waals surface area contributed by atoms with Gasteiger partial charge in [0.2, 0.25) is 21.8 Å². The molecule has 2 aromatic rings. The normalized spacial score (nSPS) is 15.0. The van der Waals surface area contributed by atoms with E-state index in [0.717, 1.165) is 36.2 Å². The molecule has 0 heterocycles. The van der Waals surface area contributed by atoms with Crippen molar-refractivity contribution in [1.82, 2.24) is 10.2 Å². The Morgan fingerprint density at radius 3 is 2.23 bits per heavy atom. The second kappa shape index (κ2) is 11.2. The number of carbonyl (C=O) groups is 2. The largest absolute Gasteiger partial charge is 0.352 e. The molecule has 35 heavy (non-hydrogen) atoms. The van der Waals surface area contributed by atoms with E-state index in [4.69, 9.17) is 0 Å². The molecule has 1 saturated carbocycles. The van der Waals surface area contributed by atoms with Crippen LogP contribution in [0.3, 0.4) is 0 Å². The van der Waals surface area contributed by atoms with Crippen molar-refractivity contribution in [3.63, 3.8) is 0 Å². The van der Waals surface area contributed by atoms with Crippen molar-refractivity contribution in [3.05, 3.63) is 65.0 Å². The molecule has 0 radical (unpaired) electrons. The number of amides is 2. The first kappa shape index (κ1) is 26.7. The van der Waals surface area contributed by atoms with Crippen molar-refractivity contribution >= 4 is 27.5 Å². The molecule has 3 rings (SSSR count). The van der Waals surface area contributed by atoms with Crippen LogP contribution in [-0.2, 0) is 26.2 Å². The third-order valence-electron chi connectivity index (χ3n) is 6.54. The minimum atomic E-state index is -3.83. The first-order valence-corrected chi connectivity index (χ1v) is 13.7. The van der Waals surface area contributed by atoms with Crippen molar-refractivity contribution in [2.45, 2.75) is 65.1 Å². The van der Waals surface area contributed by atoms with E-state index in [1.165, 1.54) is 11.0 Å². The molecule has 0 aliphatic heterocycles. The maximum absolute atomic E-state index is 14.5. The highest BCUT2D eigenvalue weighted by Gasteiger charge is 2.32. The molecule has 1 N–H and O–H groups in total. The topological polar surface area (TPSA) is 86.8 Å². The van der Waals surface area contributed by atoms with Crippen LogP contribution in [-0.4, -0.2) is 50.0 Å². The van der Waals surface area contributed by atoms with Crippen molar-refractivity contribution in [2.24, 2.45) is 0 Å². The van der Waals surface area contributed by atoms with Gasteiger partial charge in [-0.3, -0.25) is 13.9 Å². The second-order valence-electron chi connectivity index (χ2n) is 9.29. The van der Waals surface area contributed by atoms with Crippen LogP contribution in [0, 0.1) is 19.7 Å². The van der Waals surface area contributed by atoms with Gasteiger partial charge in [0.15, 0.2) is 0 Å². The number of benzene rings is 2. The molecule has 1 unspecified atom stereocenters. The number of sulfonamides is 1. The number of aryl methyl sites for hydroxylation is 2. The Morgan fingerprint density at radius 1 is 1.06 bits per heavy atom. The van der Waals surface area contributed by atoms with E-state index in [9.17, 15) is 22.4 Å². The maximum atomic E-state index is 14.5. The number of hydrogen-bond acceptors (Lipinski definition) is 4. The molecule has 1 fully saturated rings. The fourth-order valence-corrected chi connectivity index (χ4v) is 5.52. The third kappa shape index (κ3) is 6.60. The van der Waals surface area contributed by atoms with Crippen molar-refractivity contribution in [2.75, 3.05) is 17.1 Å². The molecule has 1 aliphatic carbocycles. The summed E-state index contributed by atoms with van der Waals surface area (Å²) in [5, 5.41) is 2.99. The van der Waals surface area contributed by atoms with Crippen LogP contribution in [0.15, 0.2) is 42.5 Å². The lowest BCUT2D eigenvalue weighted by Crippen LogP contribution is -2.52. The third-order valence-corrected chi connectivity index (χ3v) is 7.65. The lowest BCUT2D eigenvalue weighted by atomic mass is 10.1. The lowest BCUT2D eigenvalue weighted by molar-refractivity contribution is -0.139. The molecule has 0 bridgehead atoms. The number of rotatable bonds is 9. The molecule has 7 nitrogen and oxygen atoms in total. The number of hydrogen-bond donors (Lipinski definition) is 1. The summed E-state index contributed by atoms with van der Waals surface area (Å²) in [6, 6.07) is 10.6. The lowest BCUT2D eigenvalue weighted by Gasteiger charge is -2.33. The van der Waals surface area contributed by atoms with Gasteiger partial charge in [-0.15, -0.1) is 0 Å². The average Bonchev–Trinajstić information content (AvgIpc) is 3.29. The zero-order valence-electron chi connectivity index (χ0n) is 20.8. The zero-order valence-corrected chi connectivity index (χ0v) is 21.6. The number of para-hydroxylation sites is 1. The van der Waals surface area contributed by atoms with E-state index in [-0.39, 0.29) is 24.1 Å². The first-order valence-electron chi connectivity index (χ1n) is 11.9. The van der Waals surface area contributed by atoms with Crippen molar-refractivity contribution < 1.29 is 22.4 Å². The van der Waals surface area contributed by atoms with Gasteiger partial charge in [0.05, 0.1) is 11.9 Å². The summed E-state index contributed by atoms with van der Waals surface area (Å²) in [6.07, 6.45) is 4.89. The predicted octanol–water partition coefficient (Wildman–Crippen LogP) is 3.68. The Hall–Kier alpha value is -2.94. The van der Waals surface area contributed by atoms with Crippen LogP contribution in [0.5, 0.6) is 0 Å². The molecule has 2 amide bonds. The molecule has 190 valence electrons. The molecular weight excluding hydrogens is 469 g/mol. The van der Waals surface area contributed by atoms with Gasteiger partial charge >= 0.3 is 0 Å². The highest BCUT2D eigenvalue weighted by Crippen LogP contribution is 2.27. The summed E-state index contributed by atoms with van der Waals surface area (Å²) in [5.74, 6) is -1.42. The molecule has 0 spiro atoms. The minimum absolute atomic E-state index is 0.0532. The minimum Gasteiger partial charge on any atom is -0.352 e. The number of halogens is 1. The quantitative estimate of drug-likeness (QED) is 0.566. The van der Waals surface area contributed by atoms with Crippen molar-refractivity contribution in [1.29, 1.82) is 0 Å². The highest BCUT2D eigenvalue weighted by molar-refractivity contribution is 7.92. The fraction of sp³-hybridized carbons (Fsp3) is 0.462. The van der Waals surface area contributed by atoms with Crippen LogP contribution < -0.4 is 9.62 Å². The van der Waals surface area contributed by atoms with E-state index in [0.29, 0.717) is 16.8 Å². The van der Waals surface area contributed by atoms with E-state index < -0.39 is 34.3 Å². The Labute approximate surface area is 207 Å². The smallest absolute Gasteiger partial charge is 0.244 e. The SMILES string of the molecule is Cc1cccc(C)c1N(CC(=O)N(Cc1ccccc1F)C(C)C(=O)NC1CCCC1)S(C)(=O)=O. The number of carbonyl (C=O) groups excluding carboxylic acids is 2. The van der Waals surface area contributed by atoms with Gasteiger partial charge in [-0.1, -0.05) is 49.2 Å². The molecule has 1 aliphatic rings. The summed E-state index contributed by atoms with van der Waals surface area (Å²) >= 11 is 0. The standard InChI is InChI=1S/C26H34FN3O4S/c1-18-10-9-11-19(2)25(18)30(35(4,33)34)17-24(31)29(16-21-12-5-8-15-23(21)27)20(3)26(32)28-22-13-6-7-14-22/h5,8-12,15,20,22H,6-7,13-14,16-17H2,1-4H3,(H,28,32). The Balaban J connectivity index is 1.93. The Morgan fingerprint density at radius 2 is 1.66 bits per heavy atom. The average molecular weight is 504 g/mol. The van der Waals surface area contributed by atoms with Crippen LogP contribution >= 0.6 is 0 Å². The molecule has 2 aromatic carbocycles. The summed E-state index contributed by atoms with van der Waals surface area (Å²) < 4.78 is 41.1. The predicted molar refractivity (Wildman–Crippen MR) is 135 cm³/mol. The van der Waals surface area contributed by atoms with Crippen LogP contribution in [0.2, 0.25) is 0 Å². The van der Waals surface area contributed by atoms with Gasteiger partial charge < -0.3 is 10.2 Å². The zero-order chi connectivity index (χ0) is 25.8. The number of nitrogens with zero attached hydrogens (tertiary/aromatic N) is 2. The van der Waals surface area contributed by atoms with Gasteiger partial charge in [-0.05, 0) is 50.8 Å². The van der Waals surface area contributed by atoms with Crippen LogP contribution in [0.25, 0.3) is 0 Å². The maximum Gasteiger partial charge on any atom is 0.244 e. The van der Waals surface area contributed by atoms with E-state index in [2.05, 4.69) is 5.32 Å². The van der Waals surface area contributed by atoms with Gasteiger partial charge in [0.1, 0.15) is 18.4 Å². The van der Waals surface area contributed by atoms with Gasteiger partial charge in [-0.2, -0.15) is 0 Å². The Kier molecular flexibility index (Phi) is 8.53. The molecular formula is C26H34FN3O4S. The second-order valence-corrected chi connectivity index (χ2v) is 11.2. The Bertz CT molecular complexity index is 1160. The van der Waals surface area contributed by atoms with E-state index >= 15 is 0 Å². The van der Waals surface area contributed by atoms with E-state index in [1.54, 1.807) is 51.1 Å². The summed E-state index contributed by atoms with van der Waals surface area (Å²) in [4.78, 5) is 27.9. The van der Waals surface area contributed by atoms with Gasteiger partial charge in [0.25, 0.3) is 0 Å². The van der Waals surface area contributed by atoms with E-state index in [1.807, 2.05) is 6.07 Å². The van der Waals surface area contributed by atoms with Crippen LogP contribution in [0.1, 0.15) is 49.3 Å². The van der Waals surface area contributed by atoms with Crippen molar-refractivity contribution in [3.8, 4) is 0 Å². The van der Waals surface area contributed by atoms with Crippen LogP contribution in [0.4, 0.5) is 10.1 Å². The molecule has 1 atom stereocenters.